The van der Waals surface area contributed by atoms with Crippen molar-refractivity contribution in [2.75, 3.05) is 0 Å². The van der Waals surface area contributed by atoms with Crippen LogP contribution >= 0.6 is 0 Å². The smallest absolute Gasteiger partial charge is 0.247 e. The number of nitrogens with zero attached hydrogens (tertiary/aromatic N) is 3. The summed E-state index contributed by atoms with van der Waals surface area (Å²) in [5, 5.41) is 4.71. The highest BCUT2D eigenvalue weighted by molar-refractivity contribution is 5.88. The highest BCUT2D eigenvalue weighted by Crippen LogP contribution is 2.29. The first kappa shape index (κ1) is 15.3. The molecule has 0 saturated heterocycles. The second-order valence-electron chi connectivity index (χ2n) is 6.98. The van der Waals surface area contributed by atoms with E-state index in [0.29, 0.717) is 12.6 Å². The largest absolute Gasteiger partial charge is 0.330 e. The average molecular weight is 301 g/mol. The summed E-state index contributed by atoms with van der Waals surface area (Å²) in [6.45, 7) is 4.66. The minimum Gasteiger partial charge on any atom is -0.330 e. The van der Waals surface area contributed by atoms with Gasteiger partial charge in [0, 0.05) is 24.9 Å². The zero-order valence-corrected chi connectivity index (χ0v) is 14.1. The molecular formula is C18H27N3O. The van der Waals surface area contributed by atoms with Crippen LogP contribution < -0.4 is 0 Å². The fourth-order valence-electron chi connectivity index (χ4n) is 3.92. The van der Waals surface area contributed by atoms with Gasteiger partial charge < -0.3 is 4.90 Å². The number of aryl methyl sites for hydroxylation is 1. The fourth-order valence-corrected chi connectivity index (χ4v) is 3.92. The Bertz CT molecular complexity index is 590. The predicted molar refractivity (Wildman–Crippen MR) is 87.5 cm³/mol. The Labute approximate surface area is 133 Å². The number of hydrogen-bond acceptors (Lipinski definition) is 2. The molecule has 0 bridgehead atoms. The third-order valence-corrected chi connectivity index (χ3v) is 4.98. The molecule has 0 radical (unpaired) electrons. The topological polar surface area (TPSA) is 38.1 Å². The molecule has 1 saturated carbocycles. The van der Waals surface area contributed by atoms with Gasteiger partial charge in [0.1, 0.15) is 0 Å². The molecule has 2 aliphatic carbocycles. The highest BCUT2D eigenvalue weighted by atomic mass is 16.2. The van der Waals surface area contributed by atoms with Crippen molar-refractivity contribution in [1.82, 2.24) is 14.7 Å². The van der Waals surface area contributed by atoms with Crippen LogP contribution in [0.3, 0.4) is 0 Å². The zero-order chi connectivity index (χ0) is 15.7. The van der Waals surface area contributed by atoms with Crippen LogP contribution in [-0.4, -0.2) is 26.6 Å². The number of amides is 1. The number of hydrogen-bond donors (Lipinski definition) is 0. The van der Waals surface area contributed by atoms with E-state index in [1.54, 1.807) is 6.08 Å². The molecule has 0 spiro atoms. The van der Waals surface area contributed by atoms with Crippen molar-refractivity contribution in [3.05, 3.63) is 28.6 Å². The molecule has 1 aromatic rings. The highest BCUT2D eigenvalue weighted by Gasteiger charge is 2.29. The molecular weight excluding hydrogens is 274 g/mol. The van der Waals surface area contributed by atoms with E-state index in [1.807, 2.05) is 25.6 Å². The van der Waals surface area contributed by atoms with Gasteiger partial charge in [-0.05, 0) is 51.5 Å². The SMILES string of the molecule is CC(C)=CC(=O)N(Cc1nn(C)c2c1CCC2)C1CCCC1. The first-order valence-electron chi connectivity index (χ1n) is 8.55. The van der Waals surface area contributed by atoms with Gasteiger partial charge in [-0.2, -0.15) is 5.10 Å². The molecule has 1 aromatic heterocycles. The maximum Gasteiger partial charge on any atom is 0.247 e. The summed E-state index contributed by atoms with van der Waals surface area (Å²) in [6, 6.07) is 0.391. The number of allylic oxidation sites excluding steroid dienone is 1. The lowest BCUT2D eigenvalue weighted by molar-refractivity contribution is -0.129. The number of carbonyl (C=O) groups excluding carboxylic acids is 1. The van der Waals surface area contributed by atoms with Crippen LogP contribution in [0.4, 0.5) is 0 Å². The first-order valence-corrected chi connectivity index (χ1v) is 8.55. The van der Waals surface area contributed by atoms with Gasteiger partial charge in [-0.1, -0.05) is 18.4 Å². The normalized spacial score (nSPS) is 17.6. The summed E-state index contributed by atoms with van der Waals surface area (Å²) in [5.74, 6) is 0.157. The van der Waals surface area contributed by atoms with Crippen molar-refractivity contribution in [3.63, 3.8) is 0 Å². The van der Waals surface area contributed by atoms with Gasteiger partial charge in [0.15, 0.2) is 0 Å². The second-order valence-corrected chi connectivity index (χ2v) is 6.98. The average Bonchev–Trinajstić information content (AvgIpc) is 3.15. The van der Waals surface area contributed by atoms with Crippen LogP contribution in [0.2, 0.25) is 0 Å². The Morgan fingerprint density at radius 3 is 2.68 bits per heavy atom. The monoisotopic (exact) mass is 301 g/mol. The van der Waals surface area contributed by atoms with Crippen molar-refractivity contribution in [1.29, 1.82) is 0 Å². The van der Waals surface area contributed by atoms with Gasteiger partial charge in [0.25, 0.3) is 0 Å². The van der Waals surface area contributed by atoms with Gasteiger partial charge in [-0.3, -0.25) is 9.48 Å². The summed E-state index contributed by atoms with van der Waals surface area (Å²) in [6.07, 6.45) is 10.0. The summed E-state index contributed by atoms with van der Waals surface area (Å²) >= 11 is 0. The molecule has 22 heavy (non-hydrogen) atoms. The Balaban J connectivity index is 1.85. The molecule has 2 aliphatic rings. The Kier molecular flexibility index (Phi) is 4.37. The Hall–Kier alpha value is -1.58. The molecule has 1 heterocycles. The van der Waals surface area contributed by atoms with Crippen molar-refractivity contribution in [2.24, 2.45) is 7.05 Å². The Morgan fingerprint density at radius 1 is 1.27 bits per heavy atom. The van der Waals surface area contributed by atoms with Crippen molar-refractivity contribution < 1.29 is 4.79 Å². The van der Waals surface area contributed by atoms with E-state index in [2.05, 4.69) is 4.90 Å². The van der Waals surface area contributed by atoms with E-state index >= 15 is 0 Å². The van der Waals surface area contributed by atoms with E-state index in [4.69, 9.17) is 5.10 Å². The number of carbonyl (C=O) groups is 1. The lowest BCUT2D eigenvalue weighted by atomic mass is 10.1. The number of fused-ring (bicyclic) bond motifs is 1. The molecule has 0 aromatic carbocycles. The van der Waals surface area contributed by atoms with Crippen LogP contribution in [0, 0.1) is 0 Å². The molecule has 0 N–H and O–H groups in total. The minimum atomic E-state index is 0.157. The number of rotatable bonds is 4. The van der Waals surface area contributed by atoms with Crippen molar-refractivity contribution in [3.8, 4) is 0 Å². The number of aromatic nitrogens is 2. The van der Waals surface area contributed by atoms with Gasteiger partial charge in [0.2, 0.25) is 5.91 Å². The van der Waals surface area contributed by atoms with E-state index in [0.717, 1.165) is 37.0 Å². The predicted octanol–water partition coefficient (Wildman–Crippen LogP) is 3.15. The van der Waals surface area contributed by atoms with Gasteiger partial charge in [0.05, 0.1) is 12.2 Å². The third kappa shape index (κ3) is 2.96. The van der Waals surface area contributed by atoms with E-state index < -0.39 is 0 Å². The molecule has 4 nitrogen and oxygen atoms in total. The minimum absolute atomic E-state index is 0.157. The fraction of sp³-hybridized carbons (Fsp3) is 0.667. The summed E-state index contributed by atoms with van der Waals surface area (Å²) in [5.41, 5.74) is 4.96. The maximum absolute atomic E-state index is 12.7. The first-order chi connectivity index (χ1) is 10.6. The Morgan fingerprint density at radius 2 is 2.00 bits per heavy atom. The summed E-state index contributed by atoms with van der Waals surface area (Å²) in [7, 11) is 2.03. The molecule has 0 aliphatic heterocycles. The lowest BCUT2D eigenvalue weighted by Gasteiger charge is -2.28. The third-order valence-electron chi connectivity index (χ3n) is 4.98. The van der Waals surface area contributed by atoms with E-state index in [9.17, 15) is 4.79 Å². The lowest BCUT2D eigenvalue weighted by Crippen LogP contribution is -2.37. The molecule has 0 atom stereocenters. The van der Waals surface area contributed by atoms with Crippen molar-refractivity contribution >= 4 is 5.91 Å². The van der Waals surface area contributed by atoms with Gasteiger partial charge >= 0.3 is 0 Å². The zero-order valence-electron chi connectivity index (χ0n) is 14.1. The molecule has 3 rings (SSSR count). The standard InChI is InChI=1S/C18H27N3O/c1-13(2)11-18(22)21(14-7-4-5-8-14)12-16-15-9-6-10-17(15)20(3)19-16/h11,14H,4-10,12H2,1-3H3. The molecule has 1 fully saturated rings. The van der Waals surface area contributed by atoms with Crippen molar-refractivity contribution in [2.45, 2.75) is 71.4 Å². The van der Waals surface area contributed by atoms with Gasteiger partial charge in [-0.25, -0.2) is 0 Å². The van der Waals surface area contributed by atoms with Crippen LogP contribution in [0.1, 0.15) is 62.9 Å². The van der Waals surface area contributed by atoms with Crippen LogP contribution in [0.15, 0.2) is 11.6 Å². The van der Waals surface area contributed by atoms with Gasteiger partial charge in [-0.15, -0.1) is 0 Å². The summed E-state index contributed by atoms with van der Waals surface area (Å²) in [4.78, 5) is 14.7. The molecule has 4 heteroatoms. The van der Waals surface area contributed by atoms with Crippen LogP contribution in [-0.2, 0) is 31.2 Å². The molecule has 0 unspecified atom stereocenters. The second kappa shape index (κ2) is 6.27. The molecule has 120 valence electrons. The van der Waals surface area contributed by atoms with Crippen LogP contribution in [0.5, 0.6) is 0 Å². The quantitative estimate of drug-likeness (QED) is 0.801. The van der Waals surface area contributed by atoms with E-state index in [1.165, 1.54) is 30.5 Å². The maximum atomic E-state index is 12.7. The molecule has 1 amide bonds. The van der Waals surface area contributed by atoms with E-state index in [-0.39, 0.29) is 5.91 Å². The summed E-state index contributed by atoms with van der Waals surface area (Å²) < 4.78 is 2.02. The van der Waals surface area contributed by atoms with Crippen LogP contribution in [0.25, 0.3) is 0 Å².